The van der Waals surface area contributed by atoms with Crippen molar-refractivity contribution in [2.24, 2.45) is 0 Å². The number of hydrogen-bond donors (Lipinski definition) is 0. The first-order chi connectivity index (χ1) is 11.2. The van der Waals surface area contributed by atoms with E-state index in [1.165, 1.54) is 24.3 Å². The van der Waals surface area contributed by atoms with Crippen LogP contribution in [0, 0.1) is 0 Å². The summed E-state index contributed by atoms with van der Waals surface area (Å²) >= 11 is 0. The third-order valence-corrected chi connectivity index (χ3v) is 3.67. The Kier molecular flexibility index (Phi) is 7.63. The van der Waals surface area contributed by atoms with Gasteiger partial charge in [-0.25, -0.2) is 0 Å². The Morgan fingerprint density at radius 1 is 0.917 bits per heavy atom. The maximum absolute atomic E-state index is 13.4. The molecule has 0 aliphatic rings. The summed E-state index contributed by atoms with van der Waals surface area (Å²) in [6.45, 7) is 1.88. The minimum atomic E-state index is -5.90. The molecule has 1 aromatic carbocycles. The van der Waals surface area contributed by atoms with Gasteiger partial charge in [-0.3, -0.25) is 4.79 Å². The lowest BCUT2D eigenvalue weighted by Crippen LogP contribution is -2.52. The van der Waals surface area contributed by atoms with Crippen molar-refractivity contribution < 1.29 is 26.7 Å². The zero-order valence-corrected chi connectivity index (χ0v) is 13.6. The van der Waals surface area contributed by atoms with E-state index in [1.807, 2.05) is 0 Å². The van der Waals surface area contributed by atoms with Crippen molar-refractivity contribution >= 4 is 11.6 Å². The molecule has 24 heavy (non-hydrogen) atoms. The Labute approximate surface area is 138 Å². The number of benzene rings is 1. The zero-order chi connectivity index (χ0) is 18.2. The van der Waals surface area contributed by atoms with Gasteiger partial charge in [0.05, 0.1) is 0 Å². The van der Waals surface area contributed by atoms with Crippen LogP contribution in [0.5, 0.6) is 0 Å². The second-order valence-electron chi connectivity index (χ2n) is 5.63. The standard InChI is InChI=1S/C17H22F5NO/c1-2-3-4-5-6-10-13-23(14-11-8-7-9-12-14)15(24)16(18,19)17(20,21)22/h7-9,11-12H,2-6,10,13H2,1H3. The second kappa shape index (κ2) is 8.99. The number of amides is 1. The minimum Gasteiger partial charge on any atom is -0.307 e. The number of alkyl halides is 5. The molecule has 0 saturated carbocycles. The van der Waals surface area contributed by atoms with Crippen molar-refractivity contribution in [1.29, 1.82) is 0 Å². The monoisotopic (exact) mass is 351 g/mol. The van der Waals surface area contributed by atoms with Gasteiger partial charge in [0, 0.05) is 12.2 Å². The molecule has 0 spiro atoms. The smallest absolute Gasteiger partial charge is 0.307 e. The molecule has 0 atom stereocenters. The van der Waals surface area contributed by atoms with Crippen LogP contribution in [-0.2, 0) is 4.79 Å². The van der Waals surface area contributed by atoms with E-state index in [2.05, 4.69) is 6.92 Å². The lowest BCUT2D eigenvalue weighted by Gasteiger charge is -2.28. The van der Waals surface area contributed by atoms with E-state index in [0.717, 1.165) is 25.7 Å². The molecule has 0 saturated heterocycles. The normalized spacial score (nSPS) is 12.2. The first kappa shape index (κ1) is 20.4. The molecule has 7 heteroatoms. The van der Waals surface area contributed by atoms with E-state index in [1.54, 1.807) is 6.07 Å². The number of carbonyl (C=O) groups excluding carboxylic acids is 1. The van der Waals surface area contributed by atoms with Gasteiger partial charge in [0.15, 0.2) is 0 Å². The molecule has 1 amide bonds. The Morgan fingerprint density at radius 3 is 2.00 bits per heavy atom. The highest BCUT2D eigenvalue weighted by Crippen LogP contribution is 2.38. The number of rotatable bonds is 9. The van der Waals surface area contributed by atoms with Crippen molar-refractivity contribution in [3.8, 4) is 0 Å². The fraction of sp³-hybridized carbons (Fsp3) is 0.588. The summed E-state index contributed by atoms with van der Waals surface area (Å²) in [6.07, 6.45) is -0.917. The van der Waals surface area contributed by atoms with Gasteiger partial charge in [0.25, 0.3) is 0 Å². The largest absolute Gasteiger partial charge is 0.463 e. The molecule has 2 nitrogen and oxygen atoms in total. The Bertz CT molecular complexity index is 501. The predicted molar refractivity (Wildman–Crippen MR) is 83.2 cm³/mol. The highest BCUT2D eigenvalue weighted by molar-refractivity contribution is 5.98. The zero-order valence-electron chi connectivity index (χ0n) is 13.6. The van der Waals surface area contributed by atoms with Crippen molar-refractivity contribution in [3.05, 3.63) is 30.3 Å². The molecule has 1 aromatic rings. The van der Waals surface area contributed by atoms with E-state index in [-0.39, 0.29) is 12.2 Å². The first-order valence-corrected chi connectivity index (χ1v) is 8.03. The fourth-order valence-corrected chi connectivity index (χ4v) is 2.30. The van der Waals surface area contributed by atoms with E-state index >= 15 is 0 Å². The van der Waals surface area contributed by atoms with Crippen molar-refractivity contribution in [2.75, 3.05) is 11.4 Å². The van der Waals surface area contributed by atoms with Gasteiger partial charge in [-0.05, 0) is 18.6 Å². The van der Waals surface area contributed by atoms with Gasteiger partial charge in [-0.15, -0.1) is 0 Å². The van der Waals surface area contributed by atoms with Crippen molar-refractivity contribution in [2.45, 2.75) is 57.5 Å². The van der Waals surface area contributed by atoms with Gasteiger partial charge in [-0.1, -0.05) is 57.2 Å². The van der Waals surface area contributed by atoms with Gasteiger partial charge < -0.3 is 4.90 Å². The Balaban J connectivity index is 2.82. The van der Waals surface area contributed by atoms with Gasteiger partial charge in [0.1, 0.15) is 0 Å². The molecular weight excluding hydrogens is 329 g/mol. The Hall–Kier alpha value is -1.66. The van der Waals surface area contributed by atoms with Gasteiger partial charge in [-0.2, -0.15) is 22.0 Å². The number of nitrogens with zero attached hydrogens (tertiary/aromatic N) is 1. The summed E-state index contributed by atoms with van der Waals surface area (Å²) in [5.41, 5.74) is 0.0417. The summed E-state index contributed by atoms with van der Waals surface area (Å²) in [5, 5.41) is 0. The van der Waals surface area contributed by atoms with Crippen LogP contribution >= 0.6 is 0 Å². The molecule has 0 N–H and O–H groups in total. The number of carbonyl (C=O) groups is 1. The van der Waals surface area contributed by atoms with Crippen LogP contribution in [0.3, 0.4) is 0 Å². The van der Waals surface area contributed by atoms with Gasteiger partial charge in [0.2, 0.25) is 0 Å². The summed E-state index contributed by atoms with van der Waals surface area (Å²) in [7, 11) is 0. The number of hydrogen-bond acceptors (Lipinski definition) is 1. The molecular formula is C17H22F5NO. The SMILES string of the molecule is CCCCCCCCN(C(=O)C(F)(F)C(F)(F)F)c1ccccc1. The molecule has 0 fully saturated rings. The summed E-state index contributed by atoms with van der Waals surface area (Å²) < 4.78 is 64.3. The van der Waals surface area contributed by atoms with Crippen LogP contribution in [0.1, 0.15) is 45.4 Å². The van der Waals surface area contributed by atoms with Crippen LogP contribution in [0.4, 0.5) is 27.6 Å². The molecule has 0 radical (unpaired) electrons. The van der Waals surface area contributed by atoms with E-state index in [0.29, 0.717) is 17.7 Å². The number of unbranched alkanes of at least 4 members (excludes halogenated alkanes) is 5. The average Bonchev–Trinajstić information content (AvgIpc) is 2.53. The van der Waals surface area contributed by atoms with Crippen LogP contribution < -0.4 is 4.90 Å². The molecule has 1 rings (SSSR count). The maximum Gasteiger partial charge on any atom is 0.463 e. The average molecular weight is 351 g/mol. The van der Waals surface area contributed by atoms with Crippen LogP contribution in [0.25, 0.3) is 0 Å². The van der Waals surface area contributed by atoms with Crippen molar-refractivity contribution in [3.63, 3.8) is 0 Å². The minimum absolute atomic E-state index is 0.0417. The van der Waals surface area contributed by atoms with Crippen molar-refractivity contribution in [1.82, 2.24) is 0 Å². The predicted octanol–water partition coefficient (Wildman–Crippen LogP) is 5.58. The Morgan fingerprint density at radius 2 is 1.46 bits per heavy atom. The highest BCUT2D eigenvalue weighted by Gasteiger charge is 2.64. The molecule has 0 heterocycles. The van der Waals surface area contributed by atoms with E-state index in [4.69, 9.17) is 0 Å². The highest BCUT2D eigenvalue weighted by atomic mass is 19.4. The van der Waals surface area contributed by atoms with Gasteiger partial charge >= 0.3 is 18.0 Å². The van der Waals surface area contributed by atoms with Crippen LogP contribution in [0.15, 0.2) is 30.3 Å². The lowest BCUT2D eigenvalue weighted by molar-refractivity contribution is -0.268. The second-order valence-corrected chi connectivity index (χ2v) is 5.63. The summed E-state index contributed by atoms with van der Waals surface area (Å²) in [4.78, 5) is 12.4. The molecule has 0 bridgehead atoms. The maximum atomic E-state index is 13.4. The number of anilines is 1. The third kappa shape index (κ3) is 5.46. The lowest BCUT2D eigenvalue weighted by atomic mass is 10.1. The number of para-hydroxylation sites is 1. The number of halogens is 5. The summed E-state index contributed by atoms with van der Waals surface area (Å²) in [5.74, 6) is -7.62. The topological polar surface area (TPSA) is 20.3 Å². The molecule has 0 aliphatic carbocycles. The fourth-order valence-electron chi connectivity index (χ4n) is 2.30. The van der Waals surface area contributed by atoms with E-state index < -0.39 is 18.0 Å². The molecule has 0 aliphatic heterocycles. The quantitative estimate of drug-likeness (QED) is 0.420. The van der Waals surface area contributed by atoms with Crippen LogP contribution in [0.2, 0.25) is 0 Å². The van der Waals surface area contributed by atoms with E-state index in [9.17, 15) is 26.7 Å². The molecule has 136 valence electrons. The van der Waals surface area contributed by atoms with Crippen LogP contribution in [-0.4, -0.2) is 24.6 Å². The molecule has 0 aromatic heterocycles. The third-order valence-electron chi connectivity index (χ3n) is 3.67. The molecule has 0 unspecified atom stereocenters. The first-order valence-electron chi connectivity index (χ1n) is 8.03. The summed E-state index contributed by atoms with van der Waals surface area (Å²) in [6, 6.07) is 7.27.